The van der Waals surface area contributed by atoms with Crippen molar-refractivity contribution >= 4 is 23.6 Å². The van der Waals surface area contributed by atoms with Gasteiger partial charge in [-0.25, -0.2) is 9.18 Å². The van der Waals surface area contributed by atoms with Gasteiger partial charge < -0.3 is 19.9 Å². The summed E-state index contributed by atoms with van der Waals surface area (Å²) in [5.74, 6) is -1.55. The van der Waals surface area contributed by atoms with Gasteiger partial charge in [0.05, 0.1) is 12.5 Å². The highest BCUT2D eigenvalue weighted by Crippen LogP contribution is 2.37. The number of rotatable bonds is 1. The second-order valence-corrected chi connectivity index (χ2v) is 7.27. The van der Waals surface area contributed by atoms with Crippen molar-refractivity contribution in [1.82, 2.24) is 9.80 Å². The summed E-state index contributed by atoms with van der Waals surface area (Å²) in [5.41, 5.74) is 0.471. The van der Waals surface area contributed by atoms with Crippen LogP contribution in [0.25, 0.3) is 0 Å². The van der Waals surface area contributed by atoms with Crippen molar-refractivity contribution in [1.29, 1.82) is 0 Å². The van der Waals surface area contributed by atoms with Crippen LogP contribution in [0.15, 0.2) is 18.2 Å². The predicted molar refractivity (Wildman–Crippen MR) is 90.0 cm³/mol. The van der Waals surface area contributed by atoms with Crippen molar-refractivity contribution in [2.24, 2.45) is 0 Å². The van der Waals surface area contributed by atoms with Crippen molar-refractivity contribution in [2.45, 2.75) is 30.8 Å². The van der Waals surface area contributed by atoms with Crippen molar-refractivity contribution < 1.29 is 23.5 Å². The third-order valence-corrected chi connectivity index (χ3v) is 5.48. The first-order chi connectivity index (χ1) is 12.4. The maximum absolute atomic E-state index is 13.7. The molecule has 3 aliphatic heterocycles. The third kappa shape index (κ3) is 2.79. The van der Waals surface area contributed by atoms with Gasteiger partial charge in [0, 0.05) is 45.1 Å². The maximum Gasteiger partial charge on any atom is 0.410 e. The van der Waals surface area contributed by atoms with Crippen LogP contribution in [0.3, 0.4) is 0 Å². The van der Waals surface area contributed by atoms with Crippen molar-refractivity contribution in [3.8, 4) is 0 Å². The number of likely N-dealkylation sites (tertiary alicyclic amines) is 1. The van der Waals surface area contributed by atoms with E-state index in [9.17, 15) is 18.8 Å². The Morgan fingerprint density at radius 3 is 2.69 bits per heavy atom. The normalized spacial score (nSPS) is 24.3. The molecule has 26 heavy (non-hydrogen) atoms. The topological polar surface area (TPSA) is 79.0 Å². The van der Waals surface area contributed by atoms with Crippen LogP contribution >= 0.6 is 0 Å². The summed E-state index contributed by atoms with van der Waals surface area (Å²) in [7, 11) is 1.70. The molecule has 0 unspecified atom stereocenters. The molecular formula is C18H20FN3O4. The molecule has 1 aromatic carbocycles. The highest BCUT2D eigenvalue weighted by molar-refractivity contribution is 6.01. The van der Waals surface area contributed by atoms with Gasteiger partial charge in [-0.1, -0.05) is 0 Å². The van der Waals surface area contributed by atoms with E-state index in [1.54, 1.807) is 16.8 Å². The highest BCUT2D eigenvalue weighted by Gasteiger charge is 2.47. The summed E-state index contributed by atoms with van der Waals surface area (Å²) in [6.45, 7) is 1.42. The van der Waals surface area contributed by atoms with Crippen LogP contribution in [0.1, 0.15) is 30.7 Å². The Hall–Kier alpha value is -2.64. The standard InChI is InChI=1S/C18H20FN3O4/c1-21-10-18(26-17(21)25)4-6-22(7-5-18)16(24)13-9-15(23)20-14-3-2-11(19)8-12(13)14/h2-3,8,13H,4-7,9-10H2,1H3,(H,20,23)/t13-/m1/s1. The molecule has 2 saturated heterocycles. The van der Waals surface area contributed by atoms with Crippen molar-refractivity contribution in [3.05, 3.63) is 29.6 Å². The van der Waals surface area contributed by atoms with Gasteiger partial charge in [-0.2, -0.15) is 0 Å². The molecule has 2 fully saturated rings. The Balaban J connectivity index is 1.50. The quantitative estimate of drug-likeness (QED) is 0.826. The van der Waals surface area contributed by atoms with Gasteiger partial charge in [0.1, 0.15) is 11.4 Å². The number of halogens is 1. The lowest BCUT2D eigenvalue weighted by Gasteiger charge is -2.39. The number of amides is 3. The van der Waals surface area contributed by atoms with Crippen LogP contribution in [0.4, 0.5) is 14.9 Å². The van der Waals surface area contributed by atoms with Crippen LogP contribution in [-0.2, 0) is 14.3 Å². The summed E-state index contributed by atoms with van der Waals surface area (Å²) >= 11 is 0. The summed E-state index contributed by atoms with van der Waals surface area (Å²) in [6.07, 6.45) is 0.792. The number of carbonyl (C=O) groups is 3. The van der Waals surface area contributed by atoms with Crippen LogP contribution in [-0.4, -0.2) is 60.0 Å². The van der Waals surface area contributed by atoms with Crippen LogP contribution in [0, 0.1) is 5.82 Å². The molecule has 8 heteroatoms. The molecule has 3 aliphatic rings. The summed E-state index contributed by atoms with van der Waals surface area (Å²) < 4.78 is 19.2. The smallest absolute Gasteiger partial charge is 0.410 e. The zero-order chi connectivity index (χ0) is 18.5. The van der Waals surface area contributed by atoms with Crippen LogP contribution < -0.4 is 5.32 Å². The molecule has 4 rings (SSSR count). The lowest BCUT2D eigenvalue weighted by Crippen LogP contribution is -2.50. The van der Waals surface area contributed by atoms with E-state index in [2.05, 4.69) is 5.32 Å². The molecule has 1 N–H and O–H groups in total. The zero-order valence-electron chi connectivity index (χ0n) is 14.5. The largest absolute Gasteiger partial charge is 0.441 e. The molecule has 1 spiro atoms. The fourth-order valence-corrected chi connectivity index (χ4v) is 4.06. The van der Waals surface area contributed by atoms with Gasteiger partial charge in [-0.15, -0.1) is 0 Å². The molecule has 0 aliphatic carbocycles. The van der Waals surface area contributed by atoms with Gasteiger partial charge in [0.15, 0.2) is 0 Å². The Labute approximate surface area is 150 Å². The van der Waals surface area contributed by atoms with E-state index in [-0.39, 0.29) is 24.3 Å². The predicted octanol–water partition coefficient (Wildman–Crippen LogP) is 1.69. The zero-order valence-corrected chi connectivity index (χ0v) is 14.5. The van der Waals surface area contributed by atoms with Gasteiger partial charge in [-0.3, -0.25) is 9.59 Å². The number of carbonyl (C=O) groups excluding carboxylic acids is 3. The summed E-state index contributed by atoms with van der Waals surface area (Å²) in [6, 6.07) is 4.07. The molecule has 3 amide bonds. The molecule has 0 aromatic heterocycles. The number of hydrogen-bond donors (Lipinski definition) is 1. The third-order valence-electron chi connectivity index (χ3n) is 5.48. The van der Waals surface area contributed by atoms with Crippen LogP contribution in [0.5, 0.6) is 0 Å². The Bertz CT molecular complexity index is 789. The minimum absolute atomic E-state index is 0.00858. The Morgan fingerprint density at radius 1 is 1.31 bits per heavy atom. The van der Waals surface area contributed by atoms with Gasteiger partial charge >= 0.3 is 6.09 Å². The number of piperidine rings is 1. The average molecular weight is 361 g/mol. The van der Waals surface area contributed by atoms with E-state index < -0.39 is 17.3 Å². The van der Waals surface area contributed by atoms with Gasteiger partial charge in [0.2, 0.25) is 11.8 Å². The average Bonchev–Trinajstić information content (AvgIpc) is 2.88. The van der Waals surface area contributed by atoms with Gasteiger partial charge in [-0.05, 0) is 23.8 Å². The van der Waals surface area contributed by atoms with E-state index in [0.717, 1.165) is 0 Å². The van der Waals surface area contributed by atoms with E-state index in [1.807, 2.05) is 0 Å². The Kier molecular flexibility index (Phi) is 3.86. The van der Waals surface area contributed by atoms with E-state index in [1.165, 1.54) is 18.2 Å². The molecule has 0 radical (unpaired) electrons. The summed E-state index contributed by atoms with van der Waals surface area (Å²) in [4.78, 5) is 39.8. The van der Waals surface area contributed by atoms with Crippen molar-refractivity contribution in [3.63, 3.8) is 0 Å². The highest BCUT2D eigenvalue weighted by atomic mass is 19.1. The van der Waals surface area contributed by atoms with Gasteiger partial charge in [0.25, 0.3) is 0 Å². The molecule has 0 saturated carbocycles. The minimum atomic E-state index is -0.683. The molecule has 7 nitrogen and oxygen atoms in total. The molecule has 1 aromatic rings. The van der Waals surface area contributed by atoms with Crippen molar-refractivity contribution in [2.75, 3.05) is 32.0 Å². The number of likely N-dealkylation sites (N-methyl/N-ethyl adjacent to an activating group) is 1. The number of ether oxygens (including phenoxy) is 1. The molecular weight excluding hydrogens is 341 g/mol. The lowest BCUT2D eigenvalue weighted by molar-refractivity contribution is -0.138. The first-order valence-corrected chi connectivity index (χ1v) is 8.69. The minimum Gasteiger partial charge on any atom is -0.441 e. The van der Waals surface area contributed by atoms with E-state index >= 15 is 0 Å². The van der Waals surface area contributed by atoms with E-state index in [0.29, 0.717) is 43.7 Å². The maximum atomic E-state index is 13.7. The molecule has 138 valence electrons. The SMILES string of the molecule is CN1CC2(CCN(C(=O)[C@@H]3CC(=O)Nc4ccc(F)cc43)CC2)OC1=O. The first-order valence-electron chi connectivity index (χ1n) is 8.69. The second kappa shape index (κ2) is 5.96. The van der Waals surface area contributed by atoms with Crippen LogP contribution in [0.2, 0.25) is 0 Å². The molecule has 1 atom stereocenters. The lowest BCUT2D eigenvalue weighted by atomic mass is 9.86. The number of nitrogens with one attached hydrogen (secondary N) is 1. The number of hydrogen-bond acceptors (Lipinski definition) is 4. The fraction of sp³-hybridized carbons (Fsp3) is 0.500. The monoisotopic (exact) mass is 361 g/mol. The number of nitrogens with zero attached hydrogens (tertiary/aromatic N) is 2. The number of anilines is 1. The van der Waals surface area contributed by atoms with E-state index in [4.69, 9.17) is 4.74 Å². The first kappa shape index (κ1) is 16.8. The second-order valence-electron chi connectivity index (χ2n) is 7.27. The summed E-state index contributed by atoms with van der Waals surface area (Å²) in [5, 5.41) is 2.68. The molecule has 0 bridgehead atoms. The Morgan fingerprint density at radius 2 is 2.04 bits per heavy atom. The fourth-order valence-electron chi connectivity index (χ4n) is 4.06. The number of fused-ring (bicyclic) bond motifs is 1. The molecule has 3 heterocycles. The number of benzene rings is 1.